The first-order chi connectivity index (χ1) is 8.55. The molecular weight excluding hydrogens is 239 g/mol. The highest BCUT2D eigenvalue weighted by Gasteiger charge is 2.38. The predicted octanol–water partition coefficient (Wildman–Crippen LogP) is 4.23. The van der Waals surface area contributed by atoms with Crippen molar-refractivity contribution in [1.29, 1.82) is 0 Å². The molecule has 0 saturated heterocycles. The van der Waals surface area contributed by atoms with Crippen LogP contribution in [0.1, 0.15) is 36.8 Å². The molecule has 2 unspecified atom stereocenters. The van der Waals surface area contributed by atoms with Gasteiger partial charge in [-0.15, -0.1) is 0 Å². The van der Waals surface area contributed by atoms with E-state index in [1.165, 1.54) is 18.6 Å². The van der Waals surface area contributed by atoms with E-state index in [2.05, 4.69) is 5.32 Å². The van der Waals surface area contributed by atoms with Gasteiger partial charge in [0.1, 0.15) is 0 Å². The third-order valence-corrected chi connectivity index (χ3v) is 4.18. The topological polar surface area (TPSA) is 12.0 Å². The SMILES string of the molecule is FC(F)(F)c1cccc2c1NC1CCCCC1C2. The Morgan fingerprint density at radius 2 is 1.89 bits per heavy atom. The van der Waals surface area contributed by atoms with E-state index in [1.807, 2.05) is 6.07 Å². The number of nitrogens with one attached hydrogen (secondary N) is 1. The molecule has 2 atom stereocenters. The minimum Gasteiger partial charge on any atom is -0.381 e. The van der Waals surface area contributed by atoms with Crippen LogP contribution in [0.2, 0.25) is 0 Å². The molecule has 1 nitrogen and oxygen atoms in total. The van der Waals surface area contributed by atoms with Crippen LogP contribution in [0.5, 0.6) is 0 Å². The summed E-state index contributed by atoms with van der Waals surface area (Å²) in [6.45, 7) is 0. The van der Waals surface area contributed by atoms with E-state index in [0.29, 0.717) is 11.6 Å². The fourth-order valence-corrected chi connectivity index (χ4v) is 3.29. The summed E-state index contributed by atoms with van der Waals surface area (Å²) in [6.07, 6.45) is 0.981. The highest BCUT2D eigenvalue weighted by Crippen LogP contribution is 2.42. The lowest BCUT2D eigenvalue weighted by Gasteiger charge is -2.39. The van der Waals surface area contributed by atoms with Crippen molar-refractivity contribution in [2.24, 2.45) is 5.92 Å². The smallest absolute Gasteiger partial charge is 0.381 e. The van der Waals surface area contributed by atoms with Crippen LogP contribution in [0.4, 0.5) is 18.9 Å². The lowest BCUT2D eigenvalue weighted by atomic mass is 9.77. The van der Waals surface area contributed by atoms with Crippen LogP contribution in [-0.2, 0) is 12.6 Å². The van der Waals surface area contributed by atoms with Gasteiger partial charge in [0.15, 0.2) is 0 Å². The summed E-state index contributed by atoms with van der Waals surface area (Å²) in [5, 5.41) is 3.15. The maximum Gasteiger partial charge on any atom is 0.418 e. The summed E-state index contributed by atoms with van der Waals surface area (Å²) in [5.41, 5.74) is 0.644. The van der Waals surface area contributed by atoms with E-state index in [4.69, 9.17) is 0 Å². The molecule has 1 N–H and O–H groups in total. The number of halogens is 3. The molecule has 1 fully saturated rings. The van der Waals surface area contributed by atoms with Gasteiger partial charge in [0.2, 0.25) is 0 Å². The lowest BCUT2D eigenvalue weighted by molar-refractivity contribution is -0.137. The zero-order valence-electron chi connectivity index (χ0n) is 10.1. The average molecular weight is 255 g/mol. The van der Waals surface area contributed by atoms with Crippen molar-refractivity contribution < 1.29 is 13.2 Å². The Labute approximate surface area is 104 Å². The van der Waals surface area contributed by atoms with E-state index in [0.717, 1.165) is 31.2 Å². The highest BCUT2D eigenvalue weighted by molar-refractivity contribution is 5.61. The third-order valence-electron chi connectivity index (χ3n) is 4.18. The van der Waals surface area contributed by atoms with Crippen molar-refractivity contribution in [1.82, 2.24) is 0 Å². The number of alkyl halides is 3. The van der Waals surface area contributed by atoms with Crippen molar-refractivity contribution in [3.8, 4) is 0 Å². The summed E-state index contributed by atoms with van der Waals surface area (Å²) in [4.78, 5) is 0. The van der Waals surface area contributed by atoms with Crippen LogP contribution < -0.4 is 5.32 Å². The summed E-state index contributed by atoms with van der Waals surface area (Å²) < 4.78 is 38.9. The second-order valence-electron chi connectivity index (χ2n) is 5.34. The summed E-state index contributed by atoms with van der Waals surface area (Å²) >= 11 is 0. The van der Waals surface area contributed by atoms with Gasteiger partial charge < -0.3 is 5.32 Å². The Hall–Kier alpha value is -1.19. The summed E-state index contributed by atoms with van der Waals surface area (Å²) in [5.74, 6) is 0.509. The number of para-hydroxylation sites is 1. The number of benzene rings is 1. The number of fused-ring (bicyclic) bond motifs is 2. The van der Waals surface area contributed by atoms with Gasteiger partial charge in [-0.05, 0) is 36.8 Å². The van der Waals surface area contributed by atoms with E-state index in [9.17, 15) is 13.2 Å². The minimum atomic E-state index is -4.26. The first-order valence-electron chi connectivity index (χ1n) is 6.51. The first kappa shape index (κ1) is 11.9. The molecule has 98 valence electrons. The molecule has 1 saturated carbocycles. The highest BCUT2D eigenvalue weighted by atomic mass is 19.4. The maximum absolute atomic E-state index is 13.0. The van der Waals surface area contributed by atoms with Crippen LogP contribution >= 0.6 is 0 Å². The lowest BCUT2D eigenvalue weighted by Crippen LogP contribution is -2.38. The Kier molecular flexibility index (Phi) is 2.76. The number of rotatable bonds is 0. The molecule has 1 aliphatic heterocycles. The second-order valence-corrected chi connectivity index (χ2v) is 5.34. The molecule has 4 heteroatoms. The molecule has 3 rings (SSSR count). The maximum atomic E-state index is 13.0. The molecule has 0 bridgehead atoms. The van der Waals surface area contributed by atoms with Gasteiger partial charge in [0.05, 0.1) is 5.56 Å². The monoisotopic (exact) mass is 255 g/mol. The van der Waals surface area contributed by atoms with Gasteiger partial charge in [-0.1, -0.05) is 25.0 Å². The average Bonchev–Trinajstić information content (AvgIpc) is 2.34. The predicted molar refractivity (Wildman–Crippen MR) is 64.5 cm³/mol. The largest absolute Gasteiger partial charge is 0.418 e. The van der Waals surface area contributed by atoms with Gasteiger partial charge in [-0.25, -0.2) is 0 Å². The van der Waals surface area contributed by atoms with E-state index in [-0.39, 0.29) is 6.04 Å². The van der Waals surface area contributed by atoms with Crippen LogP contribution in [0.15, 0.2) is 18.2 Å². The van der Waals surface area contributed by atoms with Crippen molar-refractivity contribution in [3.05, 3.63) is 29.3 Å². The quantitative estimate of drug-likeness (QED) is 0.731. The molecule has 0 amide bonds. The molecule has 1 aromatic rings. The Morgan fingerprint density at radius 1 is 1.11 bits per heavy atom. The van der Waals surface area contributed by atoms with E-state index < -0.39 is 11.7 Å². The summed E-state index contributed by atoms with van der Waals surface area (Å²) in [6, 6.07) is 4.75. The van der Waals surface area contributed by atoms with E-state index >= 15 is 0 Å². The normalized spacial score (nSPS) is 27.1. The van der Waals surface area contributed by atoms with Gasteiger partial charge in [0.25, 0.3) is 0 Å². The van der Waals surface area contributed by atoms with E-state index in [1.54, 1.807) is 0 Å². The Bertz CT molecular complexity index is 453. The molecule has 0 radical (unpaired) electrons. The van der Waals surface area contributed by atoms with Crippen LogP contribution in [0.3, 0.4) is 0 Å². The third kappa shape index (κ3) is 1.98. The zero-order chi connectivity index (χ0) is 12.8. The van der Waals surface area contributed by atoms with Crippen LogP contribution in [0, 0.1) is 5.92 Å². The van der Waals surface area contributed by atoms with Crippen molar-refractivity contribution >= 4 is 5.69 Å². The molecule has 2 aliphatic rings. The Balaban J connectivity index is 2.00. The van der Waals surface area contributed by atoms with Crippen molar-refractivity contribution in [2.45, 2.75) is 44.3 Å². The second kappa shape index (κ2) is 4.18. The minimum absolute atomic E-state index is 0.231. The first-order valence-corrected chi connectivity index (χ1v) is 6.51. The molecule has 18 heavy (non-hydrogen) atoms. The molecule has 1 heterocycles. The summed E-state index contributed by atoms with van der Waals surface area (Å²) in [7, 11) is 0. The fraction of sp³-hybridized carbons (Fsp3) is 0.571. The number of hydrogen-bond acceptors (Lipinski definition) is 1. The molecule has 0 spiro atoms. The molecule has 1 aliphatic carbocycles. The van der Waals surface area contributed by atoms with Crippen molar-refractivity contribution in [3.63, 3.8) is 0 Å². The number of hydrogen-bond donors (Lipinski definition) is 1. The molecular formula is C14H16F3N. The van der Waals surface area contributed by atoms with Crippen molar-refractivity contribution in [2.75, 3.05) is 5.32 Å². The van der Waals surface area contributed by atoms with Gasteiger partial charge in [-0.2, -0.15) is 13.2 Å². The fourth-order valence-electron chi connectivity index (χ4n) is 3.29. The van der Waals surface area contributed by atoms with Gasteiger partial charge >= 0.3 is 6.18 Å². The molecule has 1 aromatic carbocycles. The van der Waals surface area contributed by atoms with Gasteiger partial charge in [0, 0.05) is 11.7 Å². The standard InChI is InChI=1S/C14H16F3N/c15-14(16,17)11-6-3-5-10-8-9-4-1-2-7-12(9)18-13(10)11/h3,5-6,9,12,18H,1-2,4,7-8H2. The molecule has 0 aromatic heterocycles. The van der Waals surface area contributed by atoms with Crippen LogP contribution in [0.25, 0.3) is 0 Å². The zero-order valence-corrected chi connectivity index (χ0v) is 10.1. The van der Waals surface area contributed by atoms with Gasteiger partial charge in [-0.3, -0.25) is 0 Å². The Morgan fingerprint density at radius 3 is 2.67 bits per heavy atom. The number of anilines is 1. The van der Waals surface area contributed by atoms with Crippen LogP contribution in [-0.4, -0.2) is 6.04 Å².